The van der Waals surface area contributed by atoms with E-state index in [4.69, 9.17) is 11.6 Å². The highest BCUT2D eigenvalue weighted by Crippen LogP contribution is 2.27. The number of methoxy groups -OCH3 is 1. The number of rotatable bonds is 4. The van der Waals surface area contributed by atoms with E-state index in [1.165, 1.54) is 13.2 Å². The predicted molar refractivity (Wildman–Crippen MR) is 59.2 cm³/mol. The lowest BCUT2D eigenvalue weighted by Crippen LogP contribution is -2.09. The Morgan fingerprint density at radius 3 is 2.71 bits per heavy atom. The van der Waals surface area contributed by atoms with Gasteiger partial charge in [0.15, 0.2) is 6.29 Å². The van der Waals surface area contributed by atoms with Gasteiger partial charge in [0.05, 0.1) is 24.0 Å². The Hall–Kier alpha value is -1.95. The van der Waals surface area contributed by atoms with Crippen molar-refractivity contribution in [3.8, 4) is 0 Å². The standard InChI is InChI=1S/C10H8ClNO5/c1-17-10(14)4-6-7(5-13)9(12(15)16)3-2-8(6)11/h2-3,5H,4H2,1H3. The summed E-state index contributed by atoms with van der Waals surface area (Å²) in [4.78, 5) is 32.0. The van der Waals surface area contributed by atoms with Crippen molar-refractivity contribution in [3.63, 3.8) is 0 Å². The maximum absolute atomic E-state index is 11.1. The monoisotopic (exact) mass is 257 g/mol. The molecule has 0 unspecified atom stereocenters. The van der Waals surface area contributed by atoms with Crippen LogP contribution in [0, 0.1) is 10.1 Å². The number of carbonyl (C=O) groups is 2. The first-order valence-electron chi connectivity index (χ1n) is 4.49. The van der Waals surface area contributed by atoms with E-state index >= 15 is 0 Å². The van der Waals surface area contributed by atoms with Crippen LogP contribution >= 0.6 is 11.6 Å². The van der Waals surface area contributed by atoms with Crippen molar-refractivity contribution in [2.24, 2.45) is 0 Å². The third-order valence-electron chi connectivity index (χ3n) is 2.14. The number of hydrogen-bond acceptors (Lipinski definition) is 5. The molecule has 90 valence electrons. The van der Waals surface area contributed by atoms with Crippen molar-refractivity contribution in [2.75, 3.05) is 7.11 Å². The Morgan fingerprint density at radius 2 is 2.24 bits per heavy atom. The van der Waals surface area contributed by atoms with Crippen LogP contribution in [0.1, 0.15) is 15.9 Å². The molecule has 0 spiro atoms. The minimum Gasteiger partial charge on any atom is -0.469 e. The molecule has 0 aliphatic carbocycles. The molecule has 1 aromatic rings. The summed E-state index contributed by atoms with van der Waals surface area (Å²) >= 11 is 5.80. The van der Waals surface area contributed by atoms with Gasteiger partial charge in [-0.1, -0.05) is 11.6 Å². The number of esters is 1. The number of nitro groups is 1. The molecule has 1 aromatic carbocycles. The highest BCUT2D eigenvalue weighted by molar-refractivity contribution is 6.32. The molecule has 1 rings (SSSR count). The van der Waals surface area contributed by atoms with Gasteiger partial charge in [-0.2, -0.15) is 0 Å². The molecule has 0 aromatic heterocycles. The Bertz CT molecular complexity index is 486. The second-order valence-electron chi connectivity index (χ2n) is 3.09. The smallest absolute Gasteiger partial charge is 0.310 e. The molecule has 0 bridgehead atoms. The lowest BCUT2D eigenvalue weighted by molar-refractivity contribution is -0.385. The number of nitrogens with zero attached hydrogens (tertiary/aromatic N) is 1. The third kappa shape index (κ3) is 2.79. The second-order valence-corrected chi connectivity index (χ2v) is 3.49. The van der Waals surface area contributed by atoms with Crippen molar-refractivity contribution in [2.45, 2.75) is 6.42 Å². The van der Waals surface area contributed by atoms with Crippen LogP contribution in [0.15, 0.2) is 12.1 Å². The zero-order valence-corrected chi connectivity index (χ0v) is 9.56. The van der Waals surface area contributed by atoms with E-state index in [2.05, 4.69) is 4.74 Å². The van der Waals surface area contributed by atoms with Gasteiger partial charge in [0.2, 0.25) is 0 Å². The van der Waals surface area contributed by atoms with Crippen LogP contribution in [-0.2, 0) is 16.0 Å². The van der Waals surface area contributed by atoms with Gasteiger partial charge in [-0.25, -0.2) is 0 Å². The van der Waals surface area contributed by atoms with E-state index < -0.39 is 10.9 Å². The summed E-state index contributed by atoms with van der Waals surface area (Å²) < 4.78 is 4.43. The van der Waals surface area contributed by atoms with Gasteiger partial charge < -0.3 is 4.74 Å². The number of hydrogen-bond donors (Lipinski definition) is 0. The van der Waals surface area contributed by atoms with Crippen LogP contribution in [0.2, 0.25) is 5.02 Å². The number of benzene rings is 1. The minimum atomic E-state index is -0.707. The Morgan fingerprint density at radius 1 is 1.59 bits per heavy atom. The van der Waals surface area contributed by atoms with Gasteiger partial charge in [-0.05, 0) is 11.6 Å². The molecule has 0 amide bonds. The SMILES string of the molecule is COC(=O)Cc1c(Cl)ccc([N+](=O)[O-])c1C=O. The zero-order chi connectivity index (χ0) is 13.0. The van der Waals surface area contributed by atoms with Crippen LogP contribution < -0.4 is 0 Å². The van der Waals surface area contributed by atoms with Crippen molar-refractivity contribution < 1.29 is 19.2 Å². The van der Waals surface area contributed by atoms with E-state index in [0.29, 0.717) is 6.29 Å². The quantitative estimate of drug-likeness (QED) is 0.355. The molecule has 7 heteroatoms. The highest BCUT2D eigenvalue weighted by Gasteiger charge is 2.21. The summed E-state index contributed by atoms with van der Waals surface area (Å²) in [6.45, 7) is 0. The largest absolute Gasteiger partial charge is 0.469 e. The van der Waals surface area contributed by atoms with Gasteiger partial charge in [0.1, 0.15) is 0 Å². The summed E-state index contributed by atoms with van der Waals surface area (Å²) in [7, 11) is 1.17. The van der Waals surface area contributed by atoms with E-state index in [0.717, 1.165) is 6.07 Å². The number of halogens is 1. The molecule has 17 heavy (non-hydrogen) atoms. The predicted octanol–water partition coefficient (Wildman–Crippen LogP) is 1.78. The van der Waals surface area contributed by atoms with Gasteiger partial charge in [0.25, 0.3) is 5.69 Å². The Kier molecular flexibility index (Phi) is 4.17. The first-order chi connectivity index (χ1) is 8.01. The maximum atomic E-state index is 11.1. The number of aldehydes is 1. The molecule has 0 heterocycles. The van der Waals surface area contributed by atoms with E-state index in [1.807, 2.05) is 0 Å². The van der Waals surface area contributed by atoms with Crippen LogP contribution in [0.3, 0.4) is 0 Å². The summed E-state index contributed by atoms with van der Waals surface area (Å²) in [5, 5.41) is 10.8. The van der Waals surface area contributed by atoms with Gasteiger partial charge in [-0.15, -0.1) is 0 Å². The number of ether oxygens (including phenoxy) is 1. The summed E-state index contributed by atoms with van der Waals surface area (Å²) in [5.41, 5.74) is -0.487. The molecule has 0 saturated carbocycles. The second kappa shape index (κ2) is 5.40. The van der Waals surface area contributed by atoms with Crippen molar-refractivity contribution in [1.82, 2.24) is 0 Å². The third-order valence-corrected chi connectivity index (χ3v) is 2.49. The summed E-state index contributed by atoms with van der Waals surface area (Å²) in [6, 6.07) is 2.39. The average Bonchev–Trinajstić information content (AvgIpc) is 2.30. The fourth-order valence-electron chi connectivity index (χ4n) is 1.31. The molecule has 0 aliphatic heterocycles. The summed E-state index contributed by atoms with van der Waals surface area (Å²) in [5.74, 6) is -0.629. The van der Waals surface area contributed by atoms with E-state index in [9.17, 15) is 19.7 Å². The first-order valence-corrected chi connectivity index (χ1v) is 4.86. The molecule has 0 N–H and O–H groups in total. The topological polar surface area (TPSA) is 86.5 Å². The normalized spacial score (nSPS) is 9.76. The van der Waals surface area contributed by atoms with Gasteiger partial charge >= 0.3 is 5.97 Å². The highest BCUT2D eigenvalue weighted by atomic mass is 35.5. The van der Waals surface area contributed by atoms with Crippen LogP contribution in [-0.4, -0.2) is 24.3 Å². The van der Waals surface area contributed by atoms with Crippen LogP contribution in [0.5, 0.6) is 0 Å². The molecule has 0 fully saturated rings. The first kappa shape index (κ1) is 13.1. The lowest BCUT2D eigenvalue weighted by Gasteiger charge is -2.06. The van der Waals surface area contributed by atoms with E-state index in [-0.39, 0.29) is 28.3 Å². The van der Waals surface area contributed by atoms with Crippen LogP contribution in [0.25, 0.3) is 0 Å². The summed E-state index contributed by atoms with van der Waals surface area (Å²) in [6.07, 6.45) is 0.0212. The fraction of sp³-hybridized carbons (Fsp3) is 0.200. The molecular formula is C10H8ClNO5. The Balaban J connectivity index is 3.35. The lowest BCUT2D eigenvalue weighted by atomic mass is 10.0. The Labute approximate surface area is 101 Å². The van der Waals surface area contributed by atoms with Gasteiger partial charge in [0, 0.05) is 11.1 Å². The van der Waals surface area contributed by atoms with Crippen molar-refractivity contribution in [3.05, 3.63) is 38.4 Å². The van der Waals surface area contributed by atoms with Gasteiger partial charge in [-0.3, -0.25) is 19.7 Å². The van der Waals surface area contributed by atoms with Crippen molar-refractivity contribution in [1.29, 1.82) is 0 Å². The van der Waals surface area contributed by atoms with Crippen molar-refractivity contribution >= 4 is 29.5 Å². The molecular weight excluding hydrogens is 250 g/mol. The van der Waals surface area contributed by atoms with E-state index in [1.54, 1.807) is 0 Å². The fourth-order valence-corrected chi connectivity index (χ4v) is 1.54. The molecule has 0 aliphatic rings. The number of carbonyl (C=O) groups excluding carboxylic acids is 2. The van der Waals surface area contributed by atoms with Crippen LogP contribution in [0.4, 0.5) is 5.69 Å². The number of nitro benzene ring substituents is 1. The minimum absolute atomic E-state index is 0.0997. The molecule has 0 atom stereocenters. The molecule has 0 radical (unpaired) electrons. The molecule has 6 nitrogen and oxygen atoms in total. The maximum Gasteiger partial charge on any atom is 0.310 e. The molecule has 0 saturated heterocycles. The zero-order valence-electron chi connectivity index (χ0n) is 8.81. The average molecular weight is 258 g/mol.